The summed E-state index contributed by atoms with van der Waals surface area (Å²) in [4.78, 5) is 20.8. The van der Waals surface area contributed by atoms with Crippen molar-refractivity contribution in [3.05, 3.63) is 77.6 Å². The normalized spacial score (nSPS) is 17.4. The Kier molecular flexibility index (Phi) is 8.17. The predicted octanol–water partition coefficient (Wildman–Crippen LogP) is 3.63. The Balaban J connectivity index is 1.38. The van der Waals surface area contributed by atoms with E-state index in [-0.39, 0.29) is 47.9 Å². The summed E-state index contributed by atoms with van der Waals surface area (Å²) in [5, 5.41) is 8.74. The number of H-pyrrole nitrogens is 1. The van der Waals surface area contributed by atoms with Crippen molar-refractivity contribution in [2.75, 3.05) is 25.6 Å². The van der Waals surface area contributed by atoms with E-state index in [0.717, 1.165) is 6.07 Å². The molecule has 1 saturated heterocycles. The predicted molar refractivity (Wildman–Crippen MR) is 146 cm³/mol. The van der Waals surface area contributed by atoms with E-state index in [1.807, 2.05) is 0 Å². The number of pyridine rings is 1. The van der Waals surface area contributed by atoms with Crippen LogP contribution in [0, 0.1) is 11.6 Å². The molecular weight excluding hydrogens is 560 g/mol. The van der Waals surface area contributed by atoms with E-state index in [9.17, 15) is 17.6 Å². The van der Waals surface area contributed by atoms with Crippen LogP contribution in [0.25, 0.3) is 11.0 Å². The number of aromatic amines is 1. The zero-order valence-electron chi connectivity index (χ0n) is 21.8. The summed E-state index contributed by atoms with van der Waals surface area (Å²) in [7, 11) is -2.36. The van der Waals surface area contributed by atoms with Gasteiger partial charge in [-0.05, 0) is 37.1 Å². The molecule has 2 aromatic carbocycles. The Morgan fingerprint density at radius 3 is 2.63 bits per heavy atom. The Labute approximate surface area is 234 Å². The first kappa shape index (κ1) is 28.4. The second-order valence-electron chi connectivity index (χ2n) is 9.40. The van der Waals surface area contributed by atoms with Crippen LogP contribution in [-0.4, -0.2) is 56.6 Å². The number of methoxy groups -OCH3 is 1. The number of hydrogen-bond acceptors (Lipinski definition) is 8. The van der Waals surface area contributed by atoms with Gasteiger partial charge >= 0.3 is 0 Å². The molecule has 5 N–H and O–H groups in total. The first-order valence-corrected chi connectivity index (χ1v) is 14.1. The van der Waals surface area contributed by atoms with Gasteiger partial charge in [-0.2, -0.15) is 13.1 Å². The number of rotatable bonds is 10. The number of benzene rings is 2. The van der Waals surface area contributed by atoms with Gasteiger partial charge in [-0.3, -0.25) is 4.79 Å². The lowest BCUT2D eigenvalue weighted by molar-refractivity contribution is 0.0133. The van der Waals surface area contributed by atoms with Gasteiger partial charge in [0.25, 0.3) is 10.2 Å². The van der Waals surface area contributed by atoms with Crippen LogP contribution in [0.3, 0.4) is 0 Å². The van der Waals surface area contributed by atoms with Gasteiger partial charge in [0.15, 0.2) is 23.1 Å². The minimum atomic E-state index is -3.82. The van der Waals surface area contributed by atoms with Gasteiger partial charge in [0.2, 0.25) is 0 Å². The number of nitrogens with zero attached hydrogens (tertiary/aromatic N) is 1. The third-order valence-electron chi connectivity index (χ3n) is 6.61. The van der Waals surface area contributed by atoms with Gasteiger partial charge in [0, 0.05) is 24.8 Å². The zero-order valence-corrected chi connectivity index (χ0v) is 22.6. The highest BCUT2D eigenvalue weighted by atomic mass is 32.2. The minimum Gasteiger partial charge on any atom is -0.493 e. The monoisotopic (exact) mass is 587 g/mol. The molecule has 216 valence electrons. The first-order valence-electron chi connectivity index (χ1n) is 12.6. The van der Waals surface area contributed by atoms with Crippen molar-refractivity contribution in [2.24, 2.45) is 5.14 Å². The molecule has 2 aromatic heterocycles. The molecular formula is C27H27F2N5O6S. The van der Waals surface area contributed by atoms with Gasteiger partial charge in [0.05, 0.1) is 48.2 Å². The maximum absolute atomic E-state index is 15.2. The third kappa shape index (κ3) is 6.46. The maximum Gasteiger partial charge on any atom is 0.274 e. The maximum atomic E-state index is 15.2. The van der Waals surface area contributed by atoms with Crippen molar-refractivity contribution in [1.82, 2.24) is 14.7 Å². The lowest BCUT2D eigenvalue weighted by atomic mass is 10.0. The average molecular weight is 588 g/mol. The standard InChI is InChI=1S/C27H27F2N5O6S/c1-38-23-13-32-27-24(25(23)34-15-6-7-17(39-14-15)11-33-41(30,36)37)19(12-31-27)26(35)18-9-8-16(10-21(18)29)40-22-5-3-2-4-20(22)28/h2-5,8-10,12-13,15,17,33H,6-7,11,14H2,1H3,(H2,30,36,37)(H2,31,32,34)/t15-,17+/m1/s1. The van der Waals surface area contributed by atoms with Crippen molar-refractivity contribution in [2.45, 2.75) is 25.0 Å². The molecule has 0 saturated carbocycles. The zero-order chi connectivity index (χ0) is 29.1. The number of halogens is 2. The van der Waals surface area contributed by atoms with E-state index in [4.69, 9.17) is 19.3 Å². The number of fused-ring (bicyclic) bond motifs is 1. The van der Waals surface area contributed by atoms with E-state index < -0.39 is 27.6 Å². The summed E-state index contributed by atoms with van der Waals surface area (Å²) in [5.41, 5.74) is 0.787. The number of ether oxygens (including phenoxy) is 3. The largest absolute Gasteiger partial charge is 0.493 e. The second kappa shape index (κ2) is 11.8. The second-order valence-corrected chi connectivity index (χ2v) is 10.8. The molecule has 0 radical (unpaired) electrons. The van der Waals surface area contributed by atoms with E-state index in [1.165, 1.54) is 49.8 Å². The molecule has 41 heavy (non-hydrogen) atoms. The first-order chi connectivity index (χ1) is 19.6. The topological polar surface area (TPSA) is 158 Å². The number of para-hydroxylation sites is 1. The molecule has 1 fully saturated rings. The van der Waals surface area contributed by atoms with Crippen LogP contribution in [0.2, 0.25) is 0 Å². The van der Waals surface area contributed by atoms with Crippen LogP contribution in [-0.2, 0) is 14.9 Å². The SMILES string of the molecule is COc1cnc2[nH]cc(C(=O)c3ccc(Oc4ccccc4F)cc3F)c2c1N[C@@H]1CC[C@@H](CNS(N)(=O)=O)OC1. The van der Waals surface area contributed by atoms with Crippen LogP contribution >= 0.6 is 0 Å². The summed E-state index contributed by atoms with van der Waals surface area (Å²) in [6.45, 7) is 0.302. The highest BCUT2D eigenvalue weighted by Gasteiger charge is 2.27. The Hall–Kier alpha value is -4.11. The lowest BCUT2D eigenvalue weighted by Gasteiger charge is -2.30. The van der Waals surface area contributed by atoms with Gasteiger partial charge in [0.1, 0.15) is 17.2 Å². The van der Waals surface area contributed by atoms with Gasteiger partial charge in [-0.1, -0.05) is 12.1 Å². The van der Waals surface area contributed by atoms with Crippen molar-refractivity contribution in [3.8, 4) is 17.2 Å². The van der Waals surface area contributed by atoms with Crippen LogP contribution < -0.4 is 24.7 Å². The lowest BCUT2D eigenvalue weighted by Crippen LogP contribution is -2.42. The quantitative estimate of drug-likeness (QED) is 0.205. The van der Waals surface area contributed by atoms with Crippen molar-refractivity contribution in [3.63, 3.8) is 0 Å². The molecule has 0 unspecified atom stereocenters. The fourth-order valence-electron chi connectivity index (χ4n) is 4.59. The van der Waals surface area contributed by atoms with Crippen molar-refractivity contribution < 1.29 is 36.2 Å². The number of nitrogens with two attached hydrogens (primary N) is 1. The van der Waals surface area contributed by atoms with Crippen LogP contribution in [0.4, 0.5) is 14.5 Å². The van der Waals surface area contributed by atoms with Gasteiger partial charge in [-0.25, -0.2) is 18.9 Å². The number of hydrogen-bond donors (Lipinski definition) is 4. The van der Waals surface area contributed by atoms with Gasteiger partial charge < -0.3 is 24.5 Å². The Morgan fingerprint density at radius 1 is 1.15 bits per heavy atom. The molecule has 3 heterocycles. The van der Waals surface area contributed by atoms with E-state index in [0.29, 0.717) is 35.3 Å². The molecule has 2 atom stereocenters. The van der Waals surface area contributed by atoms with Crippen LogP contribution in [0.15, 0.2) is 54.9 Å². The molecule has 14 heteroatoms. The molecule has 11 nitrogen and oxygen atoms in total. The smallest absolute Gasteiger partial charge is 0.274 e. The summed E-state index contributed by atoms with van der Waals surface area (Å²) < 4.78 is 70.4. The van der Waals surface area contributed by atoms with Crippen molar-refractivity contribution in [1.29, 1.82) is 0 Å². The minimum absolute atomic E-state index is 0.0311. The number of anilines is 1. The van der Waals surface area contributed by atoms with Crippen molar-refractivity contribution >= 4 is 32.7 Å². The van der Waals surface area contributed by atoms with Crippen LogP contribution in [0.5, 0.6) is 17.2 Å². The molecule has 0 amide bonds. The summed E-state index contributed by atoms with van der Waals surface area (Å²) in [6.07, 6.45) is 3.76. The fraction of sp³-hybridized carbons (Fsp3) is 0.259. The summed E-state index contributed by atoms with van der Waals surface area (Å²) in [6, 6.07) is 9.20. The molecule has 1 aliphatic heterocycles. The summed E-state index contributed by atoms with van der Waals surface area (Å²) >= 11 is 0. The molecule has 4 aromatic rings. The van der Waals surface area contributed by atoms with Gasteiger partial charge in [-0.15, -0.1) is 0 Å². The number of carbonyl (C=O) groups excluding carboxylic acids is 1. The molecule has 1 aliphatic rings. The molecule has 0 aliphatic carbocycles. The number of aromatic nitrogens is 2. The molecule has 5 rings (SSSR count). The van der Waals surface area contributed by atoms with Crippen LogP contribution in [0.1, 0.15) is 28.8 Å². The van der Waals surface area contributed by atoms with E-state index >= 15 is 4.39 Å². The third-order valence-corrected chi connectivity index (χ3v) is 7.18. The molecule has 0 spiro atoms. The average Bonchev–Trinajstić information content (AvgIpc) is 3.38. The Morgan fingerprint density at radius 2 is 1.95 bits per heavy atom. The number of nitrogens with one attached hydrogen (secondary N) is 3. The summed E-state index contributed by atoms with van der Waals surface area (Å²) in [5.74, 6) is -1.74. The van der Waals surface area contributed by atoms with E-state index in [1.54, 1.807) is 6.07 Å². The number of ketones is 1. The highest BCUT2D eigenvalue weighted by Crippen LogP contribution is 2.37. The molecule has 0 bridgehead atoms. The van der Waals surface area contributed by atoms with E-state index in [2.05, 4.69) is 20.0 Å². The fourth-order valence-corrected chi connectivity index (χ4v) is 5.01. The highest BCUT2D eigenvalue weighted by molar-refractivity contribution is 7.87. The Bertz CT molecular complexity index is 1690. The number of carbonyl (C=O) groups is 1.